The van der Waals surface area contributed by atoms with E-state index < -0.39 is 0 Å². The highest BCUT2D eigenvalue weighted by Crippen LogP contribution is 2.15. The third-order valence-corrected chi connectivity index (χ3v) is 3.93. The summed E-state index contributed by atoms with van der Waals surface area (Å²) in [5, 5.41) is 14.6. The molecule has 1 aliphatic rings. The zero-order chi connectivity index (χ0) is 15.5. The van der Waals surface area contributed by atoms with Crippen LogP contribution < -0.4 is 10.6 Å². The van der Waals surface area contributed by atoms with Gasteiger partial charge in [0.25, 0.3) is 5.91 Å². The average Bonchev–Trinajstić information content (AvgIpc) is 3.17. The molecule has 2 aromatic rings. The van der Waals surface area contributed by atoms with E-state index in [1.54, 1.807) is 21.9 Å². The lowest BCUT2D eigenvalue weighted by Gasteiger charge is -2.22. The van der Waals surface area contributed by atoms with Crippen molar-refractivity contribution in [2.24, 2.45) is 7.05 Å². The molecule has 1 aliphatic heterocycles. The van der Waals surface area contributed by atoms with Crippen LogP contribution in [-0.4, -0.2) is 43.5 Å². The van der Waals surface area contributed by atoms with Crippen molar-refractivity contribution in [1.29, 1.82) is 0 Å². The molecule has 0 saturated carbocycles. The van der Waals surface area contributed by atoms with Crippen molar-refractivity contribution >= 4 is 5.91 Å². The van der Waals surface area contributed by atoms with Gasteiger partial charge in [0.1, 0.15) is 6.33 Å². The molecule has 1 fully saturated rings. The molecule has 118 valence electrons. The minimum Gasteiger partial charge on any atom is -0.343 e. The van der Waals surface area contributed by atoms with Crippen molar-refractivity contribution in [3.8, 4) is 0 Å². The topological polar surface area (TPSA) is 89.7 Å². The normalized spacial score (nSPS) is 19.8. The van der Waals surface area contributed by atoms with Crippen molar-refractivity contribution < 1.29 is 4.79 Å². The van der Waals surface area contributed by atoms with E-state index in [-0.39, 0.29) is 23.8 Å². The fraction of sp³-hybridized carbons (Fsp3) is 0.571. The molecule has 3 rings (SSSR count). The SMILES string of the molecule is C[C@H](NC(=O)c1ncn([C@H]2CCCNC2)n1)c1cnn(C)c1. The summed E-state index contributed by atoms with van der Waals surface area (Å²) in [7, 11) is 1.85. The molecule has 0 aliphatic carbocycles. The molecule has 22 heavy (non-hydrogen) atoms. The first-order valence-corrected chi connectivity index (χ1v) is 7.55. The molecule has 8 nitrogen and oxygen atoms in total. The molecule has 0 aromatic carbocycles. The van der Waals surface area contributed by atoms with Crippen LogP contribution in [0.4, 0.5) is 0 Å². The van der Waals surface area contributed by atoms with Crippen LogP contribution in [0.15, 0.2) is 18.7 Å². The van der Waals surface area contributed by atoms with Crippen LogP contribution >= 0.6 is 0 Å². The largest absolute Gasteiger partial charge is 0.343 e. The van der Waals surface area contributed by atoms with Gasteiger partial charge in [-0.3, -0.25) is 9.48 Å². The maximum atomic E-state index is 12.2. The number of rotatable bonds is 4. The van der Waals surface area contributed by atoms with E-state index in [0.29, 0.717) is 0 Å². The molecule has 0 bridgehead atoms. The Kier molecular flexibility index (Phi) is 4.19. The van der Waals surface area contributed by atoms with E-state index in [9.17, 15) is 4.79 Å². The zero-order valence-corrected chi connectivity index (χ0v) is 12.9. The van der Waals surface area contributed by atoms with Gasteiger partial charge < -0.3 is 10.6 Å². The van der Waals surface area contributed by atoms with E-state index >= 15 is 0 Å². The molecular weight excluding hydrogens is 282 g/mol. The Morgan fingerprint density at radius 2 is 2.41 bits per heavy atom. The Labute approximate surface area is 128 Å². The quantitative estimate of drug-likeness (QED) is 0.855. The summed E-state index contributed by atoms with van der Waals surface area (Å²) >= 11 is 0. The highest BCUT2D eigenvalue weighted by atomic mass is 16.2. The van der Waals surface area contributed by atoms with Gasteiger partial charge in [0, 0.05) is 25.4 Å². The van der Waals surface area contributed by atoms with E-state index in [1.165, 1.54) is 0 Å². The van der Waals surface area contributed by atoms with Gasteiger partial charge in [-0.2, -0.15) is 5.10 Å². The fourth-order valence-corrected chi connectivity index (χ4v) is 2.62. The molecule has 1 saturated heterocycles. The minimum atomic E-state index is -0.265. The third kappa shape index (κ3) is 3.16. The Hall–Kier alpha value is -2.22. The first-order valence-electron chi connectivity index (χ1n) is 7.55. The van der Waals surface area contributed by atoms with Crippen LogP contribution in [-0.2, 0) is 7.05 Å². The predicted octanol–water partition coefficient (Wildman–Crippen LogP) is 0.427. The summed E-state index contributed by atoms with van der Waals surface area (Å²) in [5.74, 6) is -0.0554. The Morgan fingerprint density at radius 3 is 3.09 bits per heavy atom. The number of amides is 1. The van der Waals surface area contributed by atoms with E-state index in [0.717, 1.165) is 31.5 Å². The zero-order valence-electron chi connectivity index (χ0n) is 12.9. The lowest BCUT2D eigenvalue weighted by Crippen LogP contribution is -2.32. The highest BCUT2D eigenvalue weighted by molar-refractivity contribution is 5.90. The van der Waals surface area contributed by atoms with Crippen LogP contribution in [0.5, 0.6) is 0 Å². The van der Waals surface area contributed by atoms with Gasteiger partial charge in [0.15, 0.2) is 0 Å². The molecule has 1 amide bonds. The van der Waals surface area contributed by atoms with E-state index in [4.69, 9.17) is 0 Å². The van der Waals surface area contributed by atoms with Gasteiger partial charge in [0.2, 0.25) is 5.82 Å². The molecule has 0 radical (unpaired) electrons. The molecule has 2 aromatic heterocycles. The summed E-state index contributed by atoms with van der Waals surface area (Å²) < 4.78 is 3.50. The predicted molar refractivity (Wildman–Crippen MR) is 80.3 cm³/mol. The van der Waals surface area contributed by atoms with Crippen molar-refractivity contribution in [2.75, 3.05) is 13.1 Å². The third-order valence-electron chi connectivity index (χ3n) is 3.93. The first kappa shape index (κ1) is 14.7. The van der Waals surface area contributed by atoms with E-state index in [2.05, 4.69) is 25.8 Å². The lowest BCUT2D eigenvalue weighted by molar-refractivity contribution is 0.0928. The number of nitrogens with one attached hydrogen (secondary N) is 2. The summed E-state index contributed by atoms with van der Waals surface area (Å²) in [6, 6.07) is 0.142. The first-order chi connectivity index (χ1) is 10.6. The molecule has 2 N–H and O–H groups in total. The maximum absolute atomic E-state index is 12.2. The summed E-state index contributed by atoms with van der Waals surface area (Å²) in [6.45, 7) is 3.83. The van der Waals surface area contributed by atoms with Crippen LogP contribution in [0, 0.1) is 0 Å². The molecule has 2 atom stereocenters. The number of nitrogens with zero attached hydrogens (tertiary/aromatic N) is 5. The summed E-state index contributed by atoms with van der Waals surface area (Å²) in [4.78, 5) is 16.4. The van der Waals surface area contributed by atoms with Gasteiger partial charge >= 0.3 is 0 Å². The second kappa shape index (κ2) is 6.27. The van der Waals surface area contributed by atoms with Crippen LogP contribution in [0.25, 0.3) is 0 Å². The second-order valence-corrected chi connectivity index (χ2v) is 5.69. The van der Waals surface area contributed by atoms with Gasteiger partial charge in [-0.1, -0.05) is 0 Å². The number of hydrogen-bond acceptors (Lipinski definition) is 5. The van der Waals surface area contributed by atoms with Crippen molar-refractivity contribution in [3.63, 3.8) is 0 Å². The number of carbonyl (C=O) groups excluding carboxylic acids is 1. The molecule has 0 unspecified atom stereocenters. The Bertz CT molecular complexity index is 641. The molecular formula is C14H21N7O. The lowest BCUT2D eigenvalue weighted by atomic mass is 10.1. The summed E-state index contributed by atoms with van der Waals surface area (Å²) in [6.07, 6.45) is 7.43. The minimum absolute atomic E-state index is 0.135. The Morgan fingerprint density at radius 1 is 1.55 bits per heavy atom. The van der Waals surface area contributed by atoms with Crippen molar-refractivity contribution in [2.45, 2.75) is 31.8 Å². The smallest absolute Gasteiger partial charge is 0.291 e. The van der Waals surface area contributed by atoms with Crippen molar-refractivity contribution in [1.82, 2.24) is 35.2 Å². The molecule has 0 spiro atoms. The Balaban J connectivity index is 1.63. The van der Waals surface area contributed by atoms with Crippen molar-refractivity contribution in [3.05, 3.63) is 30.1 Å². The number of carbonyl (C=O) groups is 1. The van der Waals surface area contributed by atoms with Gasteiger partial charge in [-0.25, -0.2) is 9.67 Å². The van der Waals surface area contributed by atoms with Gasteiger partial charge in [-0.15, -0.1) is 5.10 Å². The fourth-order valence-electron chi connectivity index (χ4n) is 2.62. The number of aryl methyl sites for hydroxylation is 1. The second-order valence-electron chi connectivity index (χ2n) is 5.69. The average molecular weight is 303 g/mol. The molecule has 3 heterocycles. The van der Waals surface area contributed by atoms with Crippen LogP contribution in [0.2, 0.25) is 0 Å². The highest BCUT2D eigenvalue weighted by Gasteiger charge is 2.20. The van der Waals surface area contributed by atoms with Crippen LogP contribution in [0.1, 0.15) is 48.0 Å². The maximum Gasteiger partial charge on any atom is 0.291 e. The van der Waals surface area contributed by atoms with E-state index in [1.807, 2.05) is 20.2 Å². The molecule has 8 heteroatoms. The number of hydrogen-bond donors (Lipinski definition) is 2. The van der Waals surface area contributed by atoms with Gasteiger partial charge in [-0.05, 0) is 26.3 Å². The van der Waals surface area contributed by atoms with Crippen LogP contribution in [0.3, 0.4) is 0 Å². The monoisotopic (exact) mass is 303 g/mol. The number of piperidine rings is 1. The standard InChI is InChI=1S/C14H21N7O/c1-10(11-6-17-20(2)8-11)18-14(22)13-16-9-21(19-13)12-4-3-5-15-7-12/h6,8-10,12,15H,3-5,7H2,1-2H3,(H,18,22)/t10-,12-/m0/s1. The number of aromatic nitrogens is 5. The van der Waals surface area contributed by atoms with Gasteiger partial charge in [0.05, 0.1) is 18.3 Å². The summed E-state index contributed by atoms with van der Waals surface area (Å²) in [5.41, 5.74) is 0.951.